The van der Waals surface area contributed by atoms with Crippen molar-refractivity contribution in [2.45, 2.75) is 19.9 Å². The summed E-state index contributed by atoms with van der Waals surface area (Å²) in [4.78, 5) is 15.1. The number of urea groups is 1. The maximum absolute atomic E-state index is 11.7. The molecule has 2 amide bonds. The average molecular weight is 180 g/mol. The Morgan fingerprint density at radius 2 is 2.31 bits per heavy atom. The maximum Gasteiger partial charge on any atom is 0.324 e. The van der Waals surface area contributed by atoms with Crippen LogP contribution in [0.15, 0.2) is 24.4 Å². The lowest BCUT2D eigenvalue weighted by atomic mass is 10.2. The number of amides is 2. The molecule has 0 aromatic heterocycles. The molecule has 0 aliphatic carbocycles. The highest BCUT2D eigenvalue weighted by atomic mass is 16.2. The zero-order valence-corrected chi connectivity index (χ0v) is 8.45. The molecule has 0 aromatic carbocycles. The van der Waals surface area contributed by atoms with Gasteiger partial charge in [0.15, 0.2) is 0 Å². The van der Waals surface area contributed by atoms with Gasteiger partial charge in [-0.05, 0) is 19.9 Å². The zero-order chi connectivity index (χ0) is 10.0. The smallest absolute Gasteiger partial charge is 0.321 e. The number of hydrogen-bond acceptors (Lipinski definition) is 1. The number of nitrogens with zero attached hydrogens (tertiary/aromatic N) is 2. The van der Waals surface area contributed by atoms with Gasteiger partial charge in [0, 0.05) is 19.3 Å². The lowest BCUT2D eigenvalue weighted by Crippen LogP contribution is -2.47. The van der Waals surface area contributed by atoms with E-state index < -0.39 is 0 Å². The molecule has 0 N–H and O–H groups in total. The number of carbonyl (C=O) groups excluding carboxylic acids is 1. The Hall–Kier alpha value is -1.25. The molecular formula is C10H16N2O. The van der Waals surface area contributed by atoms with E-state index in [0.717, 1.165) is 5.70 Å². The van der Waals surface area contributed by atoms with Gasteiger partial charge in [-0.1, -0.05) is 6.08 Å². The van der Waals surface area contributed by atoms with Crippen LogP contribution in [0.4, 0.5) is 4.79 Å². The van der Waals surface area contributed by atoms with Gasteiger partial charge in [-0.2, -0.15) is 0 Å². The lowest BCUT2D eigenvalue weighted by Gasteiger charge is -2.35. The van der Waals surface area contributed by atoms with Crippen molar-refractivity contribution in [1.82, 2.24) is 9.80 Å². The minimum atomic E-state index is 0.0485. The van der Waals surface area contributed by atoms with Crippen molar-refractivity contribution in [2.24, 2.45) is 0 Å². The molecule has 3 nitrogen and oxygen atoms in total. The Labute approximate surface area is 79.3 Å². The lowest BCUT2D eigenvalue weighted by molar-refractivity contribution is 0.164. The second kappa shape index (κ2) is 3.64. The van der Waals surface area contributed by atoms with Crippen molar-refractivity contribution in [1.29, 1.82) is 0 Å². The summed E-state index contributed by atoms with van der Waals surface area (Å²) in [6.07, 6.45) is 3.81. The third kappa shape index (κ3) is 1.74. The van der Waals surface area contributed by atoms with E-state index in [2.05, 4.69) is 12.7 Å². The predicted molar refractivity (Wildman–Crippen MR) is 53.3 cm³/mol. The van der Waals surface area contributed by atoms with E-state index in [1.54, 1.807) is 15.9 Å². The molecule has 72 valence electrons. The molecule has 0 spiro atoms. The fraction of sp³-hybridized carbons (Fsp3) is 0.500. The molecule has 13 heavy (non-hydrogen) atoms. The van der Waals surface area contributed by atoms with E-state index in [1.165, 1.54) is 0 Å². The highest BCUT2D eigenvalue weighted by Crippen LogP contribution is 2.17. The Balaban J connectivity index is 2.90. The van der Waals surface area contributed by atoms with Gasteiger partial charge in [-0.15, -0.1) is 6.58 Å². The van der Waals surface area contributed by atoms with Gasteiger partial charge in [0.1, 0.15) is 0 Å². The van der Waals surface area contributed by atoms with Crippen molar-refractivity contribution < 1.29 is 4.79 Å². The van der Waals surface area contributed by atoms with Crippen LogP contribution in [0.2, 0.25) is 0 Å². The summed E-state index contributed by atoms with van der Waals surface area (Å²) in [5, 5.41) is 0. The largest absolute Gasteiger partial charge is 0.324 e. The van der Waals surface area contributed by atoms with E-state index in [-0.39, 0.29) is 12.1 Å². The molecule has 0 bridgehead atoms. The van der Waals surface area contributed by atoms with Gasteiger partial charge in [0.2, 0.25) is 0 Å². The molecule has 0 saturated carbocycles. The van der Waals surface area contributed by atoms with Gasteiger partial charge >= 0.3 is 6.03 Å². The van der Waals surface area contributed by atoms with Crippen molar-refractivity contribution in [3.63, 3.8) is 0 Å². The summed E-state index contributed by atoms with van der Waals surface area (Å²) < 4.78 is 0. The molecule has 0 saturated heterocycles. The normalized spacial score (nSPS) is 23.2. The quantitative estimate of drug-likeness (QED) is 0.595. The number of carbonyl (C=O) groups is 1. The highest BCUT2D eigenvalue weighted by Gasteiger charge is 2.26. The summed E-state index contributed by atoms with van der Waals surface area (Å²) in [7, 11) is 1.81. The Morgan fingerprint density at radius 1 is 1.69 bits per heavy atom. The van der Waals surface area contributed by atoms with Crippen LogP contribution in [-0.2, 0) is 0 Å². The standard InChI is InChI=1S/C10H16N2O/c1-5-6-12-9(3)7-8(2)11(4)10(12)13/h5,7-8H,1,6H2,2-4H3. The van der Waals surface area contributed by atoms with Crippen LogP contribution < -0.4 is 0 Å². The Bertz CT molecular complexity index is 258. The summed E-state index contributed by atoms with van der Waals surface area (Å²) in [5.74, 6) is 0. The summed E-state index contributed by atoms with van der Waals surface area (Å²) in [6.45, 7) is 8.17. The summed E-state index contributed by atoms with van der Waals surface area (Å²) in [6, 6.07) is 0.237. The van der Waals surface area contributed by atoms with Crippen molar-refractivity contribution in [3.05, 3.63) is 24.4 Å². The van der Waals surface area contributed by atoms with Crippen molar-refractivity contribution in [3.8, 4) is 0 Å². The fourth-order valence-corrected chi connectivity index (χ4v) is 1.42. The summed E-state index contributed by atoms with van der Waals surface area (Å²) in [5.41, 5.74) is 1.01. The first kappa shape index (κ1) is 9.84. The topological polar surface area (TPSA) is 23.6 Å². The van der Waals surface area contributed by atoms with E-state index in [0.29, 0.717) is 6.54 Å². The Morgan fingerprint density at radius 3 is 2.85 bits per heavy atom. The number of hydrogen-bond donors (Lipinski definition) is 0. The molecule has 1 aliphatic heterocycles. The number of rotatable bonds is 2. The second-order valence-corrected chi connectivity index (χ2v) is 3.34. The maximum atomic E-state index is 11.7. The van der Waals surface area contributed by atoms with Gasteiger partial charge < -0.3 is 4.90 Å². The van der Waals surface area contributed by atoms with Gasteiger partial charge in [-0.3, -0.25) is 4.90 Å². The van der Waals surface area contributed by atoms with Crippen LogP contribution in [0.5, 0.6) is 0 Å². The fourth-order valence-electron chi connectivity index (χ4n) is 1.42. The van der Waals surface area contributed by atoms with E-state index in [4.69, 9.17) is 0 Å². The minimum Gasteiger partial charge on any atom is -0.321 e. The average Bonchev–Trinajstić information content (AvgIpc) is 2.09. The van der Waals surface area contributed by atoms with E-state index in [1.807, 2.05) is 20.9 Å². The SMILES string of the molecule is C=CCN1C(=O)N(C)C(C)C=C1C. The monoisotopic (exact) mass is 180 g/mol. The molecular weight excluding hydrogens is 164 g/mol. The van der Waals surface area contributed by atoms with Crippen molar-refractivity contribution in [2.75, 3.05) is 13.6 Å². The number of likely N-dealkylation sites (N-methyl/N-ethyl adjacent to an activating group) is 1. The highest BCUT2D eigenvalue weighted by molar-refractivity contribution is 5.78. The second-order valence-electron chi connectivity index (χ2n) is 3.34. The summed E-state index contributed by atoms with van der Waals surface area (Å²) >= 11 is 0. The van der Waals surface area contributed by atoms with Crippen LogP contribution in [0, 0.1) is 0 Å². The molecule has 0 fully saturated rings. The molecule has 1 heterocycles. The molecule has 1 aliphatic rings. The number of allylic oxidation sites excluding steroid dienone is 1. The van der Waals surface area contributed by atoms with Crippen LogP contribution in [0.1, 0.15) is 13.8 Å². The van der Waals surface area contributed by atoms with Crippen LogP contribution >= 0.6 is 0 Å². The molecule has 3 heteroatoms. The van der Waals surface area contributed by atoms with Gasteiger partial charge in [0.25, 0.3) is 0 Å². The third-order valence-corrected chi connectivity index (χ3v) is 2.36. The van der Waals surface area contributed by atoms with Crippen LogP contribution in [0.3, 0.4) is 0 Å². The third-order valence-electron chi connectivity index (χ3n) is 2.36. The van der Waals surface area contributed by atoms with Gasteiger partial charge in [0.05, 0.1) is 6.04 Å². The first-order chi connectivity index (χ1) is 6.07. The van der Waals surface area contributed by atoms with Crippen molar-refractivity contribution >= 4 is 6.03 Å². The molecule has 0 aromatic rings. The van der Waals surface area contributed by atoms with Crippen LogP contribution in [-0.4, -0.2) is 35.5 Å². The molecule has 1 unspecified atom stereocenters. The zero-order valence-electron chi connectivity index (χ0n) is 8.45. The minimum absolute atomic E-state index is 0.0485. The van der Waals surface area contributed by atoms with E-state index >= 15 is 0 Å². The Kier molecular flexibility index (Phi) is 2.76. The van der Waals surface area contributed by atoms with E-state index in [9.17, 15) is 4.79 Å². The van der Waals surface area contributed by atoms with Crippen LogP contribution in [0.25, 0.3) is 0 Å². The molecule has 1 rings (SSSR count). The van der Waals surface area contributed by atoms with Gasteiger partial charge in [-0.25, -0.2) is 4.79 Å². The first-order valence-electron chi connectivity index (χ1n) is 4.41. The molecule has 1 atom stereocenters. The first-order valence-corrected chi connectivity index (χ1v) is 4.41. The molecule has 0 radical (unpaired) electrons. The predicted octanol–water partition coefficient (Wildman–Crippen LogP) is 1.83.